The third-order valence-corrected chi connectivity index (χ3v) is 4.09. The first-order valence-corrected chi connectivity index (χ1v) is 7.38. The molecule has 104 valence electrons. The maximum Gasteiger partial charge on any atom is 0.306 e. The predicted molar refractivity (Wildman–Crippen MR) is 70.8 cm³/mol. The molecule has 1 heterocycles. The number of carbonyl (C=O) groups excluding carboxylic acids is 1. The summed E-state index contributed by atoms with van der Waals surface area (Å²) >= 11 is 1.61. The van der Waals surface area contributed by atoms with Crippen LogP contribution in [0.1, 0.15) is 19.3 Å². The lowest BCUT2D eigenvalue weighted by Crippen LogP contribution is -2.41. The van der Waals surface area contributed by atoms with Gasteiger partial charge in [-0.1, -0.05) is 0 Å². The molecule has 0 radical (unpaired) electrons. The van der Waals surface area contributed by atoms with Gasteiger partial charge in [0.05, 0.1) is 11.7 Å². The van der Waals surface area contributed by atoms with Crippen molar-refractivity contribution in [3.05, 3.63) is 0 Å². The van der Waals surface area contributed by atoms with Gasteiger partial charge in [0, 0.05) is 26.8 Å². The standard InChI is InChI=1S/C12H21NO4S/c1-17-7-2-8-18-9-11(14)13-5-3-10(4-6-13)12(15)16/h10H,2-9H2,1H3,(H,15,16). The lowest BCUT2D eigenvalue weighted by Gasteiger charge is -2.30. The number of aliphatic carboxylic acids is 1. The van der Waals surface area contributed by atoms with E-state index in [1.54, 1.807) is 23.8 Å². The molecule has 0 unspecified atom stereocenters. The monoisotopic (exact) mass is 275 g/mol. The van der Waals surface area contributed by atoms with Gasteiger partial charge in [-0.2, -0.15) is 11.8 Å². The fourth-order valence-electron chi connectivity index (χ4n) is 1.93. The number of amides is 1. The van der Waals surface area contributed by atoms with Crippen LogP contribution in [0.4, 0.5) is 0 Å². The van der Waals surface area contributed by atoms with Crippen molar-refractivity contribution in [2.75, 3.05) is 38.3 Å². The molecule has 0 saturated carbocycles. The molecule has 0 spiro atoms. The number of nitrogens with zero attached hydrogens (tertiary/aromatic N) is 1. The number of ether oxygens (including phenoxy) is 1. The molecule has 5 nitrogen and oxygen atoms in total. The summed E-state index contributed by atoms with van der Waals surface area (Å²) in [6.45, 7) is 1.88. The Balaban J connectivity index is 2.14. The van der Waals surface area contributed by atoms with Crippen molar-refractivity contribution in [2.45, 2.75) is 19.3 Å². The largest absolute Gasteiger partial charge is 0.481 e. The van der Waals surface area contributed by atoms with Gasteiger partial charge in [0.25, 0.3) is 0 Å². The number of hydrogen-bond donors (Lipinski definition) is 1. The van der Waals surface area contributed by atoms with Crippen molar-refractivity contribution < 1.29 is 19.4 Å². The van der Waals surface area contributed by atoms with Crippen LogP contribution in [0.3, 0.4) is 0 Å². The summed E-state index contributed by atoms with van der Waals surface area (Å²) in [5.74, 6) is 0.521. The van der Waals surface area contributed by atoms with Crippen LogP contribution in [0.25, 0.3) is 0 Å². The number of hydrogen-bond acceptors (Lipinski definition) is 4. The molecule has 0 aromatic heterocycles. The maximum atomic E-state index is 11.8. The topological polar surface area (TPSA) is 66.8 Å². The van der Waals surface area contributed by atoms with Gasteiger partial charge in [-0.3, -0.25) is 9.59 Å². The van der Waals surface area contributed by atoms with Crippen molar-refractivity contribution >= 4 is 23.6 Å². The lowest BCUT2D eigenvalue weighted by molar-refractivity contribution is -0.145. The molecule has 18 heavy (non-hydrogen) atoms. The number of carbonyl (C=O) groups is 2. The lowest BCUT2D eigenvalue weighted by atomic mass is 9.97. The Morgan fingerprint density at radius 2 is 2.06 bits per heavy atom. The van der Waals surface area contributed by atoms with Crippen LogP contribution in [0, 0.1) is 5.92 Å². The van der Waals surface area contributed by atoms with E-state index in [2.05, 4.69) is 0 Å². The fraction of sp³-hybridized carbons (Fsp3) is 0.833. The molecule has 0 aromatic carbocycles. The highest BCUT2D eigenvalue weighted by Crippen LogP contribution is 2.18. The number of carboxylic acid groups (broad SMARTS) is 1. The molecule has 1 amide bonds. The summed E-state index contributed by atoms with van der Waals surface area (Å²) in [7, 11) is 1.67. The summed E-state index contributed by atoms with van der Waals surface area (Å²) in [5.41, 5.74) is 0. The number of piperidine rings is 1. The van der Waals surface area contributed by atoms with Crippen LogP contribution in [-0.2, 0) is 14.3 Å². The van der Waals surface area contributed by atoms with Crippen molar-refractivity contribution in [1.82, 2.24) is 4.90 Å². The van der Waals surface area contributed by atoms with Gasteiger partial charge in [0.15, 0.2) is 0 Å². The Morgan fingerprint density at radius 1 is 1.39 bits per heavy atom. The van der Waals surface area contributed by atoms with Gasteiger partial charge in [-0.15, -0.1) is 0 Å². The van der Waals surface area contributed by atoms with E-state index in [0.717, 1.165) is 18.8 Å². The van der Waals surface area contributed by atoms with Crippen LogP contribution in [-0.4, -0.2) is 60.2 Å². The van der Waals surface area contributed by atoms with Gasteiger partial charge < -0.3 is 14.7 Å². The van der Waals surface area contributed by atoms with E-state index in [-0.39, 0.29) is 11.8 Å². The second kappa shape index (κ2) is 8.37. The molecule has 6 heteroatoms. The van der Waals surface area contributed by atoms with E-state index in [1.165, 1.54) is 0 Å². The molecule has 1 saturated heterocycles. The van der Waals surface area contributed by atoms with E-state index >= 15 is 0 Å². The minimum atomic E-state index is -0.740. The quantitative estimate of drug-likeness (QED) is 0.704. The van der Waals surface area contributed by atoms with E-state index in [9.17, 15) is 9.59 Å². The first kappa shape index (κ1) is 15.3. The van der Waals surface area contributed by atoms with Crippen LogP contribution in [0.5, 0.6) is 0 Å². The van der Waals surface area contributed by atoms with E-state index in [1.807, 2.05) is 0 Å². The van der Waals surface area contributed by atoms with Crippen LogP contribution < -0.4 is 0 Å². The fourth-order valence-corrected chi connectivity index (χ4v) is 2.76. The second-order valence-electron chi connectivity index (χ2n) is 4.39. The second-order valence-corrected chi connectivity index (χ2v) is 5.50. The predicted octanol–water partition coefficient (Wildman–Crippen LogP) is 1.08. The molecular formula is C12H21NO4S. The van der Waals surface area contributed by atoms with Gasteiger partial charge in [0.1, 0.15) is 0 Å². The third-order valence-electron chi connectivity index (χ3n) is 3.06. The highest BCUT2D eigenvalue weighted by molar-refractivity contribution is 7.99. The highest BCUT2D eigenvalue weighted by atomic mass is 32.2. The third kappa shape index (κ3) is 5.27. The maximum absolute atomic E-state index is 11.8. The normalized spacial score (nSPS) is 16.8. The number of likely N-dealkylation sites (tertiary alicyclic amines) is 1. The average Bonchev–Trinajstić information content (AvgIpc) is 2.38. The van der Waals surface area contributed by atoms with Gasteiger partial charge in [-0.05, 0) is 25.0 Å². The molecule has 0 atom stereocenters. The van der Waals surface area contributed by atoms with Gasteiger partial charge >= 0.3 is 5.97 Å². The number of carboxylic acids is 1. The van der Waals surface area contributed by atoms with E-state index in [0.29, 0.717) is 31.7 Å². The first-order valence-electron chi connectivity index (χ1n) is 6.22. The van der Waals surface area contributed by atoms with E-state index < -0.39 is 5.97 Å². The molecule has 1 rings (SSSR count). The number of methoxy groups -OCH3 is 1. The van der Waals surface area contributed by atoms with E-state index in [4.69, 9.17) is 9.84 Å². The molecule has 1 fully saturated rings. The minimum Gasteiger partial charge on any atom is -0.481 e. The molecule has 1 N–H and O–H groups in total. The summed E-state index contributed by atoms with van der Waals surface area (Å²) in [6.07, 6.45) is 2.11. The molecular weight excluding hydrogens is 254 g/mol. The Bertz CT molecular complexity index is 277. The molecule has 0 aromatic rings. The molecule has 0 bridgehead atoms. The van der Waals surface area contributed by atoms with Crippen molar-refractivity contribution in [3.8, 4) is 0 Å². The van der Waals surface area contributed by atoms with Crippen molar-refractivity contribution in [3.63, 3.8) is 0 Å². The van der Waals surface area contributed by atoms with Crippen LogP contribution in [0.15, 0.2) is 0 Å². The van der Waals surface area contributed by atoms with Crippen LogP contribution >= 0.6 is 11.8 Å². The van der Waals surface area contributed by atoms with Gasteiger partial charge in [0.2, 0.25) is 5.91 Å². The Hall–Kier alpha value is -0.750. The number of rotatable bonds is 7. The zero-order valence-corrected chi connectivity index (χ0v) is 11.6. The Morgan fingerprint density at radius 3 is 2.61 bits per heavy atom. The highest BCUT2D eigenvalue weighted by Gasteiger charge is 2.26. The molecule has 1 aliphatic rings. The first-order chi connectivity index (χ1) is 8.65. The summed E-state index contributed by atoms with van der Waals surface area (Å²) < 4.78 is 4.94. The zero-order valence-electron chi connectivity index (χ0n) is 10.8. The summed E-state index contributed by atoms with van der Waals surface area (Å²) in [6, 6.07) is 0. The summed E-state index contributed by atoms with van der Waals surface area (Å²) in [4.78, 5) is 24.4. The van der Waals surface area contributed by atoms with Crippen LogP contribution in [0.2, 0.25) is 0 Å². The van der Waals surface area contributed by atoms with Gasteiger partial charge in [-0.25, -0.2) is 0 Å². The van der Waals surface area contributed by atoms with Crippen molar-refractivity contribution in [1.29, 1.82) is 0 Å². The SMILES string of the molecule is COCCCSCC(=O)N1CCC(C(=O)O)CC1. The molecule has 0 aliphatic carbocycles. The smallest absolute Gasteiger partial charge is 0.306 e. The van der Waals surface area contributed by atoms with Crippen molar-refractivity contribution in [2.24, 2.45) is 5.92 Å². The zero-order chi connectivity index (χ0) is 13.4. The Labute approximate surface area is 112 Å². The Kier molecular flexibility index (Phi) is 7.12. The number of thioether (sulfide) groups is 1. The summed E-state index contributed by atoms with van der Waals surface area (Å²) in [5, 5.41) is 8.87. The average molecular weight is 275 g/mol. The molecule has 1 aliphatic heterocycles. The minimum absolute atomic E-state index is 0.126.